The molecule has 0 heterocycles. The number of hydrogen-bond acceptors (Lipinski definition) is 2. The van der Waals surface area contributed by atoms with E-state index >= 15 is 0 Å². The van der Waals surface area contributed by atoms with E-state index < -0.39 is 12.6 Å². The van der Waals surface area contributed by atoms with Crippen molar-refractivity contribution in [1.82, 2.24) is 0 Å². The summed E-state index contributed by atoms with van der Waals surface area (Å²) in [5.41, 5.74) is 1.12. The molecule has 0 aromatic heterocycles. The molecule has 2 nitrogen and oxygen atoms in total. The van der Waals surface area contributed by atoms with Gasteiger partial charge in [-0.2, -0.15) is 0 Å². The van der Waals surface area contributed by atoms with E-state index in [1.165, 1.54) is 15.9 Å². The largest absolute Gasteiger partial charge is 0.210 e. The van der Waals surface area contributed by atoms with Crippen LogP contribution in [0.15, 0.2) is 206 Å². The molecule has 0 bridgehead atoms. The fraction of sp³-hybridized carbons (Fsp3) is 0.104. The van der Waals surface area contributed by atoms with Gasteiger partial charge in [0.1, 0.15) is 27.2 Å². The molecule has 0 fully saturated rings. The van der Waals surface area contributed by atoms with Gasteiger partial charge in [0.2, 0.25) is 6.62 Å². The minimum absolute atomic E-state index is 0.0249. The fourth-order valence-corrected chi connectivity index (χ4v) is 16.6. The van der Waals surface area contributed by atoms with Crippen LogP contribution in [0, 0.1) is 17.2 Å². The smallest absolute Gasteiger partial charge is 0.0620 e. The summed E-state index contributed by atoms with van der Waals surface area (Å²) in [5, 5.41) is 16.0. The zero-order valence-corrected chi connectivity index (χ0v) is 33.6. The third-order valence-corrected chi connectivity index (χ3v) is 21.6. The molecule has 1 atom stereocenters. The van der Waals surface area contributed by atoms with E-state index in [9.17, 15) is 0 Å². The molecule has 7 aromatic carbocycles. The van der Waals surface area contributed by atoms with Gasteiger partial charge >= 0.3 is 208 Å². The van der Waals surface area contributed by atoms with Crippen LogP contribution in [0.2, 0.25) is 0 Å². The van der Waals surface area contributed by atoms with E-state index in [0.29, 0.717) is 19.2 Å². The molecular weight excluding hydrogens is 739 g/mol. The zero-order chi connectivity index (χ0) is 37.7. The molecule has 0 aliphatic heterocycles. The maximum absolute atomic E-state index is 9.04. The summed E-state index contributed by atoms with van der Waals surface area (Å²) in [4.78, 5) is 0. The first-order valence-electron chi connectivity index (χ1n) is 18.1. The van der Waals surface area contributed by atoms with E-state index in [0.717, 1.165) is 27.2 Å². The van der Waals surface area contributed by atoms with Crippen molar-refractivity contribution in [3.8, 4) is 11.8 Å². The van der Waals surface area contributed by atoms with Crippen LogP contribution in [-0.4, -0.2) is 6.61 Å². The van der Waals surface area contributed by atoms with E-state index in [2.05, 4.69) is 164 Å². The van der Waals surface area contributed by atoms with Gasteiger partial charge in [0.25, 0.3) is 0 Å². The molecule has 0 spiro atoms. The van der Waals surface area contributed by atoms with Gasteiger partial charge in [-0.25, -0.2) is 0 Å². The molecule has 0 radical (unpaired) electrons. The molecule has 0 saturated heterocycles. The Bertz CT molecular complexity index is 2040. The van der Waals surface area contributed by atoms with Crippen molar-refractivity contribution < 1.29 is 4.74 Å². The molecule has 0 saturated carbocycles. The Hall–Kier alpha value is -4.73. The molecule has 54 heavy (non-hydrogen) atoms. The SMILES string of the molecule is CC(C#N)CCOc1cccc(CP(Cl)(c2ccccc2)(c2ccccc2)c2ccccc2)c1.Cl[P+](c1ccccc1)(c1ccccc1)c1ccccc1. The summed E-state index contributed by atoms with van der Waals surface area (Å²) >= 11 is 15.4. The fourth-order valence-electron chi connectivity index (χ4n) is 6.78. The number of halogens is 2. The Labute approximate surface area is 330 Å². The van der Waals surface area contributed by atoms with Crippen LogP contribution in [0.3, 0.4) is 0 Å². The average Bonchev–Trinajstić information content (AvgIpc) is 3.25. The molecule has 0 aliphatic rings. The van der Waals surface area contributed by atoms with E-state index in [1.807, 2.05) is 55.5 Å². The molecule has 0 aliphatic carbocycles. The molecule has 7 rings (SSSR count). The number of nitrogens with zero attached hydrogens (tertiary/aromatic N) is 1. The van der Waals surface area contributed by atoms with Crippen LogP contribution in [-0.2, 0) is 6.16 Å². The summed E-state index contributed by atoms with van der Waals surface area (Å²) in [6.45, 7) is 0.371. The van der Waals surface area contributed by atoms with Crippen molar-refractivity contribution in [2.24, 2.45) is 5.92 Å². The van der Waals surface area contributed by atoms with E-state index in [-0.39, 0.29) is 5.92 Å². The average molecular weight is 784 g/mol. The molecule has 7 aromatic rings. The molecular formula is C48H44Cl2NOP2+. The minimum atomic E-state index is -3.39. The van der Waals surface area contributed by atoms with Crippen molar-refractivity contribution in [2.45, 2.75) is 19.5 Å². The Morgan fingerprint density at radius 1 is 0.556 bits per heavy atom. The topological polar surface area (TPSA) is 33.0 Å². The predicted molar refractivity (Wildman–Crippen MR) is 237 cm³/mol. The normalized spacial score (nSPS) is 12.5. The van der Waals surface area contributed by atoms with Gasteiger partial charge in [-0.1, -0.05) is 54.6 Å². The Balaban J connectivity index is 0.000000210. The predicted octanol–water partition coefficient (Wildman–Crippen LogP) is 10.9. The standard InChI is InChI=1S/C30H29ClNOP.C18H15ClP/c1-25(23-32)20-21-33-27-13-11-12-26(22-27)24-34(31,28-14-5-2-6-15-28,29-16-7-3-8-17-29)30-18-9-4-10-19-30;19-20(16-10-4-1-5-11-16,17-12-6-2-7-13-17)18-14-8-3-9-15-18/h2-19,22,25H,20-21,24H2,1H3;1-15H/q;+1. The second kappa shape index (κ2) is 18.1. The Kier molecular flexibility index (Phi) is 13.0. The van der Waals surface area contributed by atoms with Gasteiger partial charge in [-0.05, 0) is 36.4 Å². The summed E-state index contributed by atoms with van der Waals surface area (Å²) in [7, 11) is 0. The summed E-state index contributed by atoms with van der Waals surface area (Å²) in [6, 6.07) is 73.1. The first-order chi connectivity index (χ1) is 26.4. The van der Waals surface area contributed by atoms with Crippen molar-refractivity contribution in [1.29, 1.82) is 5.26 Å². The molecule has 0 amide bonds. The Morgan fingerprint density at radius 2 is 0.926 bits per heavy atom. The second-order valence-electron chi connectivity index (χ2n) is 13.3. The summed E-state index contributed by atoms with van der Waals surface area (Å²) in [6.07, 6.45) is 1.37. The number of benzene rings is 7. The summed E-state index contributed by atoms with van der Waals surface area (Å²) in [5.74, 6) is -2.61. The van der Waals surface area contributed by atoms with Gasteiger partial charge in [0.15, 0.2) is 0 Å². The first kappa shape index (κ1) is 39.0. The maximum atomic E-state index is 9.04. The van der Waals surface area contributed by atoms with Crippen molar-refractivity contribution in [2.75, 3.05) is 6.61 Å². The van der Waals surface area contributed by atoms with Crippen molar-refractivity contribution in [3.63, 3.8) is 0 Å². The second-order valence-corrected chi connectivity index (χ2v) is 24.0. The van der Waals surface area contributed by atoms with E-state index in [1.54, 1.807) is 0 Å². The van der Waals surface area contributed by atoms with Gasteiger partial charge in [0.05, 0.1) is 0 Å². The van der Waals surface area contributed by atoms with E-state index in [4.69, 9.17) is 32.5 Å². The number of hydrogen-bond donors (Lipinski definition) is 0. The number of rotatable bonds is 12. The van der Waals surface area contributed by atoms with Crippen molar-refractivity contribution in [3.05, 3.63) is 212 Å². The van der Waals surface area contributed by atoms with Crippen LogP contribution < -0.4 is 36.6 Å². The minimum Gasteiger partial charge on any atom is -0.0620 e. The van der Waals surface area contributed by atoms with Crippen LogP contribution in [0.25, 0.3) is 0 Å². The molecule has 6 heteroatoms. The third kappa shape index (κ3) is 8.48. The zero-order valence-electron chi connectivity index (χ0n) is 30.3. The first-order valence-corrected chi connectivity index (χ1v) is 24.1. The Morgan fingerprint density at radius 3 is 1.30 bits per heavy atom. The molecule has 270 valence electrons. The third-order valence-electron chi connectivity index (χ3n) is 9.64. The maximum Gasteiger partial charge on any atom is 0.210 e. The van der Waals surface area contributed by atoms with Gasteiger partial charge in [-0.15, -0.1) is 0 Å². The van der Waals surface area contributed by atoms with Gasteiger partial charge in [-0.3, -0.25) is 0 Å². The molecule has 0 N–H and O–H groups in total. The summed E-state index contributed by atoms with van der Waals surface area (Å²) < 4.78 is 6.00. The number of nitriles is 1. The molecule has 1 unspecified atom stereocenters. The van der Waals surface area contributed by atoms with Crippen LogP contribution >= 0.6 is 35.1 Å². The van der Waals surface area contributed by atoms with Gasteiger partial charge in [0, 0.05) is 0 Å². The van der Waals surface area contributed by atoms with Gasteiger partial charge < -0.3 is 0 Å². The van der Waals surface area contributed by atoms with Crippen LogP contribution in [0.5, 0.6) is 5.75 Å². The van der Waals surface area contributed by atoms with Crippen molar-refractivity contribution >= 4 is 66.9 Å². The van der Waals surface area contributed by atoms with Crippen LogP contribution in [0.4, 0.5) is 0 Å². The van der Waals surface area contributed by atoms with Crippen LogP contribution in [0.1, 0.15) is 18.9 Å². The quantitative estimate of drug-likeness (QED) is 0.116. The number of ether oxygens (including phenoxy) is 1. The monoisotopic (exact) mass is 782 g/mol.